The summed E-state index contributed by atoms with van der Waals surface area (Å²) in [6.45, 7) is 14.3. The van der Waals surface area contributed by atoms with Gasteiger partial charge in [-0.05, 0) is 35.1 Å². The van der Waals surface area contributed by atoms with Crippen molar-refractivity contribution in [3.05, 3.63) is 22.2 Å². The lowest BCUT2D eigenvalue weighted by Crippen LogP contribution is -2.35. The normalized spacial score (nSPS) is 11.5. The van der Waals surface area contributed by atoms with E-state index in [1.165, 1.54) is 0 Å². The molecular formula is C17H30BrN3O2Si. The van der Waals surface area contributed by atoms with Gasteiger partial charge in [0.25, 0.3) is 5.91 Å². The average Bonchev–Trinajstić information content (AvgIpc) is 2.51. The molecule has 0 saturated heterocycles. The number of nitrogens with zero attached hydrogens (tertiary/aromatic N) is 1. The second kappa shape index (κ2) is 9.44. The number of ether oxygens (including phenoxy) is 1. The second-order valence-electron chi connectivity index (χ2n) is 6.69. The van der Waals surface area contributed by atoms with E-state index in [4.69, 9.17) is 4.74 Å². The minimum Gasteiger partial charge on any atom is -0.496 e. The Labute approximate surface area is 155 Å². The highest BCUT2D eigenvalue weighted by molar-refractivity contribution is 9.10. The standard InChI is InChI=1S/C17H30BrN3O2Si/c1-7-21(8-2)10-9-19-17(22)13-11-14(18)15(12-16(13)23-3)20-24(4,5)6/h11-12,20H,7-10H2,1-6H3,(H,19,22). The number of amides is 1. The number of nitrogens with one attached hydrogen (secondary N) is 2. The van der Waals surface area contributed by atoms with Crippen molar-refractivity contribution in [1.82, 2.24) is 10.2 Å². The van der Waals surface area contributed by atoms with Crippen molar-refractivity contribution >= 4 is 35.8 Å². The molecule has 0 heterocycles. The maximum Gasteiger partial charge on any atom is 0.255 e. The number of likely N-dealkylation sites (N-methyl/N-ethyl adjacent to an activating group) is 1. The van der Waals surface area contributed by atoms with Gasteiger partial charge in [0.15, 0.2) is 0 Å². The molecule has 24 heavy (non-hydrogen) atoms. The summed E-state index contributed by atoms with van der Waals surface area (Å²) in [6, 6.07) is 3.72. The van der Waals surface area contributed by atoms with Crippen LogP contribution in [-0.2, 0) is 0 Å². The zero-order valence-corrected chi connectivity index (χ0v) is 18.2. The van der Waals surface area contributed by atoms with E-state index in [0.717, 1.165) is 29.8 Å². The van der Waals surface area contributed by atoms with Crippen molar-refractivity contribution in [2.45, 2.75) is 33.5 Å². The Balaban J connectivity index is 2.87. The first-order valence-electron chi connectivity index (χ1n) is 8.38. The minimum atomic E-state index is -1.49. The SMILES string of the molecule is CCN(CC)CCNC(=O)c1cc(Br)c(N[Si](C)(C)C)cc1OC. The van der Waals surface area contributed by atoms with Crippen LogP contribution in [0.4, 0.5) is 5.69 Å². The van der Waals surface area contributed by atoms with Gasteiger partial charge in [-0.15, -0.1) is 0 Å². The minimum absolute atomic E-state index is 0.112. The Bertz CT molecular complexity index is 558. The highest BCUT2D eigenvalue weighted by Crippen LogP contribution is 2.32. The van der Waals surface area contributed by atoms with Crippen LogP contribution >= 0.6 is 15.9 Å². The molecule has 7 heteroatoms. The fourth-order valence-electron chi connectivity index (χ4n) is 2.36. The topological polar surface area (TPSA) is 53.6 Å². The first-order chi connectivity index (χ1) is 11.2. The molecule has 0 atom stereocenters. The van der Waals surface area contributed by atoms with Crippen LogP contribution in [0.2, 0.25) is 19.6 Å². The number of hydrogen-bond acceptors (Lipinski definition) is 4. The van der Waals surface area contributed by atoms with Gasteiger partial charge in [0.05, 0.1) is 12.7 Å². The van der Waals surface area contributed by atoms with Gasteiger partial charge in [-0.3, -0.25) is 4.79 Å². The Morgan fingerprint density at radius 3 is 2.38 bits per heavy atom. The van der Waals surface area contributed by atoms with Crippen molar-refractivity contribution in [3.8, 4) is 5.75 Å². The molecule has 1 aromatic rings. The summed E-state index contributed by atoms with van der Waals surface area (Å²) in [6.07, 6.45) is 0. The fourth-order valence-corrected chi connectivity index (χ4v) is 4.00. The molecule has 2 N–H and O–H groups in total. The molecule has 0 aromatic heterocycles. The first-order valence-corrected chi connectivity index (χ1v) is 12.7. The third-order valence-electron chi connectivity index (χ3n) is 3.65. The van der Waals surface area contributed by atoms with E-state index in [0.29, 0.717) is 17.9 Å². The molecule has 5 nitrogen and oxygen atoms in total. The Kier molecular flexibility index (Phi) is 8.25. The van der Waals surface area contributed by atoms with E-state index in [1.54, 1.807) is 7.11 Å². The summed E-state index contributed by atoms with van der Waals surface area (Å²) in [5.74, 6) is 0.471. The lowest BCUT2D eigenvalue weighted by Gasteiger charge is -2.22. The summed E-state index contributed by atoms with van der Waals surface area (Å²) in [7, 11) is 0.0981. The molecule has 1 amide bonds. The van der Waals surface area contributed by atoms with Gasteiger partial charge in [0.2, 0.25) is 0 Å². The number of halogens is 1. The maximum atomic E-state index is 12.5. The highest BCUT2D eigenvalue weighted by atomic mass is 79.9. The smallest absolute Gasteiger partial charge is 0.255 e. The van der Waals surface area contributed by atoms with Crippen molar-refractivity contribution < 1.29 is 9.53 Å². The largest absolute Gasteiger partial charge is 0.496 e. The van der Waals surface area contributed by atoms with Gasteiger partial charge < -0.3 is 19.9 Å². The summed E-state index contributed by atoms with van der Waals surface area (Å²) in [4.78, 5) is 18.3. The molecule has 0 spiro atoms. The highest BCUT2D eigenvalue weighted by Gasteiger charge is 2.19. The molecule has 0 fully saturated rings. The van der Waals surface area contributed by atoms with Crippen molar-refractivity contribution in [3.63, 3.8) is 0 Å². The van der Waals surface area contributed by atoms with Gasteiger partial charge in [-0.25, -0.2) is 0 Å². The van der Waals surface area contributed by atoms with Gasteiger partial charge >= 0.3 is 0 Å². The second-order valence-corrected chi connectivity index (χ2v) is 12.3. The van der Waals surface area contributed by atoms with Crippen molar-refractivity contribution in [1.29, 1.82) is 0 Å². The molecule has 0 bridgehead atoms. The van der Waals surface area contributed by atoms with Crippen LogP contribution < -0.4 is 15.0 Å². The molecule has 1 aromatic carbocycles. The molecule has 136 valence electrons. The van der Waals surface area contributed by atoms with Crippen molar-refractivity contribution in [2.24, 2.45) is 0 Å². The molecule has 0 aliphatic heterocycles. The van der Waals surface area contributed by atoms with Crippen molar-refractivity contribution in [2.75, 3.05) is 38.3 Å². The number of carbonyl (C=O) groups is 1. The number of rotatable bonds is 9. The molecule has 0 unspecified atom stereocenters. The molecule has 0 aliphatic rings. The van der Waals surface area contributed by atoms with E-state index < -0.39 is 8.24 Å². The third-order valence-corrected chi connectivity index (χ3v) is 5.33. The molecular weight excluding hydrogens is 386 g/mol. The van der Waals surface area contributed by atoms with Crippen LogP contribution in [0.25, 0.3) is 0 Å². The summed E-state index contributed by atoms with van der Waals surface area (Å²) in [5, 5.41) is 2.97. The predicted octanol–water partition coefficient (Wildman–Crippen LogP) is 3.78. The summed E-state index contributed by atoms with van der Waals surface area (Å²) >= 11 is 3.56. The van der Waals surface area contributed by atoms with Crippen LogP contribution in [0.3, 0.4) is 0 Å². The van der Waals surface area contributed by atoms with Gasteiger partial charge in [-0.1, -0.05) is 33.5 Å². The van der Waals surface area contributed by atoms with E-state index in [1.807, 2.05) is 12.1 Å². The van der Waals surface area contributed by atoms with Crippen LogP contribution in [0.15, 0.2) is 16.6 Å². The Hall–Kier alpha value is -1.05. The third kappa shape index (κ3) is 6.45. The lowest BCUT2D eigenvalue weighted by molar-refractivity contribution is 0.0946. The van der Waals surface area contributed by atoms with E-state index in [2.05, 4.69) is 64.6 Å². The van der Waals surface area contributed by atoms with Gasteiger partial charge in [0, 0.05) is 29.3 Å². The number of hydrogen-bond donors (Lipinski definition) is 2. The van der Waals surface area contributed by atoms with E-state index in [9.17, 15) is 4.79 Å². The van der Waals surface area contributed by atoms with E-state index in [-0.39, 0.29) is 5.91 Å². The molecule has 0 aliphatic carbocycles. The zero-order chi connectivity index (χ0) is 18.3. The Morgan fingerprint density at radius 1 is 1.25 bits per heavy atom. The number of benzene rings is 1. The number of carbonyl (C=O) groups excluding carboxylic acids is 1. The molecule has 0 saturated carbocycles. The number of methoxy groups -OCH3 is 1. The lowest BCUT2D eigenvalue weighted by atomic mass is 10.1. The zero-order valence-electron chi connectivity index (χ0n) is 15.6. The van der Waals surface area contributed by atoms with Gasteiger partial charge in [0.1, 0.15) is 14.0 Å². The molecule has 1 rings (SSSR count). The number of anilines is 1. The monoisotopic (exact) mass is 415 g/mol. The average molecular weight is 416 g/mol. The van der Waals surface area contributed by atoms with Crippen LogP contribution in [0.5, 0.6) is 5.75 Å². The fraction of sp³-hybridized carbons (Fsp3) is 0.588. The maximum absolute atomic E-state index is 12.5. The predicted molar refractivity (Wildman–Crippen MR) is 108 cm³/mol. The van der Waals surface area contributed by atoms with E-state index >= 15 is 0 Å². The quantitative estimate of drug-likeness (QED) is 0.602. The van der Waals surface area contributed by atoms with Crippen LogP contribution in [0.1, 0.15) is 24.2 Å². The Morgan fingerprint density at radius 2 is 1.88 bits per heavy atom. The first kappa shape index (κ1) is 21.0. The molecule has 0 radical (unpaired) electrons. The summed E-state index contributed by atoms with van der Waals surface area (Å²) in [5.41, 5.74) is 1.51. The van der Waals surface area contributed by atoms with Gasteiger partial charge in [-0.2, -0.15) is 0 Å². The summed E-state index contributed by atoms with van der Waals surface area (Å²) < 4.78 is 6.30. The van der Waals surface area contributed by atoms with Crippen LogP contribution in [-0.4, -0.2) is 52.3 Å². The van der Waals surface area contributed by atoms with Crippen LogP contribution in [0, 0.1) is 0 Å².